The number of hydrogen-bond donors (Lipinski definition) is 0. The molecular weight excluding hydrogens is 370 g/mol. The molecule has 1 aromatic carbocycles. The maximum Gasteiger partial charge on any atom is 0.132 e. The van der Waals surface area contributed by atoms with Crippen molar-refractivity contribution in [3.05, 3.63) is 46.2 Å². The molecule has 0 fully saturated rings. The second-order valence-electron chi connectivity index (χ2n) is 7.24. The van der Waals surface area contributed by atoms with Crippen molar-refractivity contribution in [2.45, 2.75) is 40.5 Å². The Labute approximate surface area is 161 Å². The van der Waals surface area contributed by atoms with Gasteiger partial charge in [-0.05, 0) is 24.0 Å². The fourth-order valence-electron chi connectivity index (χ4n) is 2.68. The fraction of sp³-hybridized carbons (Fsp3) is 0.400. The van der Waals surface area contributed by atoms with Gasteiger partial charge in [0.1, 0.15) is 11.6 Å². The van der Waals surface area contributed by atoms with Gasteiger partial charge in [0.25, 0.3) is 0 Å². The van der Waals surface area contributed by atoms with Gasteiger partial charge < -0.3 is 0 Å². The van der Waals surface area contributed by atoms with Gasteiger partial charge in [0.2, 0.25) is 0 Å². The van der Waals surface area contributed by atoms with Gasteiger partial charge in [-0.25, -0.2) is 18.7 Å². The van der Waals surface area contributed by atoms with Gasteiger partial charge in [-0.3, -0.25) is 0 Å². The lowest BCUT2D eigenvalue weighted by molar-refractivity contribution is 0.606. The van der Waals surface area contributed by atoms with E-state index in [1.807, 2.05) is 0 Å². The summed E-state index contributed by atoms with van der Waals surface area (Å²) in [5.41, 5.74) is 0.538. The molecule has 0 amide bonds. The quantitative estimate of drug-likeness (QED) is 0.472. The van der Waals surface area contributed by atoms with Gasteiger partial charge in [0.15, 0.2) is 0 Å². The number of thiazole rings is 2. The van der Waals surface area contributed by atoms with Crippen LogP contribution in [0.2, 0.25) is 0 Å². The van der Waals surface area contributed by atoms with Crippen LogP contribution in [0.25, 0.3) is 20.9 Å². The second-order valence-corrected chi connectivity index (χ2v) is 9.47. The normalized spacial score (nSPS) is 11.7. The number of halogens is 2. The molecule has 6 heteroatoms. The molecule has 3 aromatic rings. The van der Waals surface area contributed by atoms with Crippen LogP contribution >= 0.6 is 22.7 Å². The minimum Gasteiger partial charge on any atom is -0.249 e. The summed E-state index contributed by atoms with van der Waals surface area (Å²) >= 11 is 2.84. The zero-order valence-electron chi connectivity index (χ0n) is 15.3. The van der Waals surface area contributed by atoms with Crippen LogP contribution in [0, 0.1) is 23.5 Å². The van der Waals surface area contributed by atoms with Gasteiger partial charge in [0.05, 0.1) is 19.8 Å². The highest BCUT2D eigenvalue weighted by molar-refractivity contribution is 7.15. The standard InChI is InChI=1S/C20H22F2N2S2/c1-11(2)5-19-23-9-17(25-19)13-7-16(22)14(8-15(13)21)18-10-24-20(26-18)6-12(3)4/h7-12H,5-6H2,1-4H3. The summed E-state index contributed by atoms with van der Waals surface area (Å²) in [7, 11) is 0. The van der Waals surface area contributed by atoms with Crippen molar-refractivity contribution in [3.8, 4) is 20.9 Å². The summed E-state index contributed by atoms with van der Waals surface area (Å²) in [6, 6.07) is 2.55. The molecule has 26 heavy (non-hydrogen) atoms. The molecule has 0 unspecified atom stereocenters. The Hall–Kier alpha value is -1.66. The average Bonchev–Trinajstić information content (AvgIpc) is 3.17. The number of hydrogen-bond acceptors (Lipinski definition) is 4. The highest BCUT2D eigenvalue weighted by Crippen LogP contribution is 2.36. The molecule has 2 nitrogen and oxygen atoms in total. The van der Waals surface area contributed by atoms with Gasteiger partial charge in [-0.1, -0.05) is 27.7 Å². The Morgan fingerprint density at radius 1 is 0.769 bits per heavy atom. The Morgan fingerprint density at radius 2 is 1.15 bits per heavy atom. The minimum absolute atomic E-state index is 0.269. The Morgan fingerprint density at radius 3 is 1.50 bits per heavy atom. The third-order valence-corrected chi connectivity index (χ3v) is 5.97. The van der Waals surface area contributed by atoms with Crippen molar-refractivity contribution in [1.82, 2.24) is 9.97 Å². The molecule has 2 aromatic heterocycles. The molecule has 0 spiro atoms. The summed E-state index contributed by atoms with van der Waals surface area (Å²) in [6.45, 7) is 8.44. The van der Waals surface area contributed by atoms with E-state index in [-0.39, 0.29) is 11.1 Å². The predicted octanol–water partition coefficient (Wildman–Crippen LogP) is 6.61. The van der Waals surface area contributed by atoms with Crippen LogP contribution in [0.4, 0.5) is 8.78 Å². The first kappa shape index (κ1) is 19.1. The first-order valence-corrected chi connectivity index (χ1v) is 10.4. The summed E-state index contributed by atoms with van der Waals surface area (Å²) in [6.07, 6.45) is 4.94. The molecule has 0 aliphatic carbocycles. The zero-order valence-corrected chi connectivity index (χ0v) is 17.0. The van der Waals surface area contributed by atoms with Gasteiger partial charge in [-0.15, -0.1) is 22.7 Å². The van der Waals surface area contributed by atoms with E-state index in [4.69, 9.17) is 0 Å². The molecule has 0 aliphatic rings. The molecule has 0 saturated carbocycles. The maximum atomic E-state index is 14.7. The van der Waals surface area contributed by atoms with Crippen LogP contribution < -0.4 is 0 Å². The summed E-state index contributed by atoms with van der Waals surface area (Å²) in [4.78, 5) is 9.99. The summed E-state index contributed by atoms with van der Waals surface area (Å²) in [5, 5.41) is 1.89. The van der Waals surface area contributed by atoms with E-state index in [9.17, 15) is 8.78 Å². The van der Waals surface area contributed by atoms with Crippen molar-refractivity contribution in [3.63, 3.8) is 0 Å². The lowest BCUT2D eigenvalue weighted by Gasteiger charge is -2.05. The molecule has 0 N–H and O–H groups in total. The first-order chi connectivity index (χ1) is 12.3. The van der Waals surface area contributed by atoms with E-state index in [2.05, 4.69) is 37.7 Å². The number of benzene rings is 1. The highest BCUT2D eigenvalue weighted by Gasteiger charge is 2.17. The molecule has 0 aliphatic heterocycles. The van der Waals surface area contributed by atoms with Crippen LogP contribution in [0.3, 0.4) is 0 Å². The summed E-state index contributed by atoms with van der Waals surface area (Å²) < 4.78 is 29.4. The fourth-order valence-corrected chi connectivity index (χ4v) is 4.98. The van der Waals surface area contributed by atoms with E-state index in [1.165, 1.54) is 34.8 Å². The Balaban J connectivity index is 1.91. The van der Waals surface area contributed by atoms with Crippen molar-refractivity contribution >= 4 is 22.7 Å². The van der Waals surface area contributed by atoms with Crippen molar-refractivity contribution in [2.24, 2.45) is 11.8 Å². The molecule has 3 rings (SSSR count). The van der Waals surface area contributed by atoms with Crippen LogP contribution in [-0.2, 0) is 12.8 Å². The molecular formula is C20H22F2N2S2. The third-order valence-electron chi connectivity index (χ3n) is 3.86. The Bertz CT molecular complexity index is 823. The second kappa shape index (κ2) is 7.92. The van der Waals surface area contributed by atoms with Crippen molar-refractivity contribution < 1.29 is 8.78 Å². The summed E-state index contributed by atoms with van der Waals surface area (Å²) in [5.74, 6) is 0.0913. The largest absolute Gasteiger partial charge is 0.249 e. The first-order valence-electron chi connectivity index (χ1n) is 8.72. The predicted molar refractivity (Wildman–Crippen MR) is 106 cm³/mol. The zero-order chi connectivity index (χ0) is 18.8. The van der Waals surface area contributed by atoms with E-state index in [0.29, 0.717) is 21.6 Å². The van der Waals surface area contributed by atoms with Crippen LogP contribution in [0.5, 0.6) is 0 Å². The van der Waals surface area contributed by atoms with E-state index < -0.39 is 11.6 Å². The lowest BCUT2D eigenvalue weighted by Crippen LogP contribution is -1.91. The molecule has 0 radical (unpaired) electrons. The SMILES string of the molecule is CC(C)Cc1ncc(-c2cc(F)c(-c3cnc(CC(C)C)s3)cc2F)s1. The van der Waals surface area contributed by atoms with Gasteiger partial charge in [-0.2, -0.15) is 0 Å². The smallest absolute Gasteiger partial charge is 0.132 e. The molecule has 2 heterocycles. The van der Waals surface area contributed by atoms with E-state index >= 15 is 0 Å². The topological polar surface area (TPSA) is 25.8 Å². The average molecular weight is 393 g/mol. The van der Waals surface area contributed by atoms with E-state index in [1.54, 1.807) is 12.4 Å². The minimum atomic E-state index is -0.431. The van der Waals surface area contributed by atoms with Crippen molar-refractivity contribution in [1.29, 1.82) is 0 Å². The molecule has 0 atom stereocenters. The maximum absolute atomic E-state index is 14.7. The third kappa shape index (κ3) is 4.35. The van der Waals surface area contributed by atoms with Gasteiger partial charge >= 0.3 is 0 Å². The Kier molecular flexibility index (Phi) is 5.82. The number of aromatic nitrogens is 2. The number of rotatable bonds is 6. The molecule has 0 saturated heterocycles. The number of nitrogens with zero attached hydrogens (tertiary/aromatic N) is 2. The van der Waals surface area contributed by atoms with Gasteiger partial charge in [0, 0.05) is 36.4 Å². The molecule has 138 valence electrons. The van der Waals surface area contributed by atoms with Crippen molar-refractivity contribution in [2.75, 3.05) is 0 Å². The lowest BCUT2D eigenvalue weighted by atomic mass is 10.1. The van der Waals surface area contributed by atoms with Crippen LogP contribution in [0.1, 0.15) is 37.7 Å². The highest BCUT2D eigenvalue weighted by atomic mass is 32.1. The van der Waals surface area contributed by atoms with E-state index in [0.717, 1.165) is 22.9 Å². The monoisotopic (exact) mass is 392 g/mol. The molecule has 0 bridgehead atoms. The van der Waals surface area contributed by atoms with Crippen LogP contribution in [0.15, 0.2) is 24.5 Å². The van der Waals surface area contributed by atoms with Crippen LogP contribution in [-0.4, -0.2) is 9.97 Å².